The second-order valence-corrected chi connectivity index (χ2v) is 4.02. The highest BCUT2D eigenvalue weighted by atomic mass is 16.5. The third-order valence-corrected chi connectivity index (χ3v) is 2.66. The molecule has 0 amide bonds. The molecule has 2 rings (SSSR count). The van der Waals surface area contributed by atoms with Crippen LogP contribution >= 0.6 is 0 Å². The van der Waals surface area contributed by atoms with E-state index >= 15 is 0 Å². The lowest BCUT2D eigenvalue weighted by atomic mass is 10.0. The Morgan fingerprint density at radius 3 is 2.57 bits per heavy atom. The molecule has 0 bridgehead atoms. The summed E-state index contributed by atoms with van der Waals surface area (Å²) in [6, 6.07) is 11.3. The SMILES string of the molecule is C[C@@H]1CO[C@H](c2ccccc2)[C@H](C)N1. The van der Waals surface area contributed by atoms with E-state index in [9.17, 15) is 0 Å². The van der Waals surface area contributed by atoms with Crippen molar-refractivity contribution in [2.45, 2.75) is 32.0 Å². The molecule has 0 aliphatic carbocycles. The van der Waals surface area contributed by atoms with E-state index in [-0.39, 0.29) is 6.10 Å². The fourth-order valence-corrected chi connectivity index (χ4v) is 2.00. The number of morpholine rings is 1. The highest BCUT2D eigenvalue weighted by Crippen LogP contribution is 2.24. The van der Waals surface area contributed by atoms with Gasteiger partial charge in [-0.25, -0.2) is 0 Å². The molecule has 1 aromatic rings. The summed E-state index contributed by atoms with van der Waals surface area (Å²) >= 11 is 0. The molecule has 0 spiro atoms. The second-order valence-electron chi connectivity index (χ2n) is 4.02. The van der Waals surface area contributed by atoms with Crippen LogP contribution in [0, 0.1) is 0 Å². The third kappa shape index (κ3) is 1.97. The van der Waals surface area contributed by atoms with Gasteiger partial charge in [0.1, 0.15) is 0 Å². The Balaban J connectivity index is 2.12. The Kier molecular flexibility index (Phi) is 2.85. The van der Waals surface area contributed by atoms with Crippen LogP contribution in [-0.2, 0) is 4.74 Å². The first-order valence-corrected chi connectivity index (χ1v) is 5.20. The second kappa shape index (κ2) is 4.11. The molecular weight excluding hydrogens is 174 g/mol. The highest BCUT2D eigenvalue weighted by Gasteiger charge is 2.26. The molecule has 2 nitrogen and oxygen atoms in total. The van der Waals surface area contributed by atoms with E-state index in [0.717, 1.165) is 6.61 Å². The lowest BCUT2D eigenvalue weighted by Gasteiger charge is -2.34. The van der Waals surface area contributed by atoms with Crippen LogP contribution < -0.4 is 5.32 Å². The van der Waals surface area contributed by atoms with Crippen LogP contribution in [0.4, 0.5) is 0 Å². The Morgan fingerprint density at radius 2 is 1.93 bits per heavy atom. The summed E-state index contributed by atoms with van der Waals surface area (Å²) in [6.07, 6.45) is 0.201. The van der Waals surface area contributed by atoms with Gasteiger partial charge in [-0.2, -0.15) is 0 Å². The van der Waals surface area contributed by atoms with E-state index < -0.39 is 0 Å². The van der Waals surface area contributed by atoms with E-state index in [4.69, 9.17) is 4.74 Å². The molecule has 0 aromatic heterocycles. The monoisotopic (exact) mass is 191 g/mol. The summed E-state index contributed by atoms with van der Waals surface area (Å²) < 4.78 is 5.83. The first kappa shape index (κ1) is 9.69. The van der Waals surface area contributed by atoms with Gasteiger partial charge in [-0.05, 0) is 19.4 Å². The van der Waals surface area contributed by atoms with Crippen LogP contribution in [0.5, 0.6) is 0 Å². The maximum Gasteiger partial charge on any atom is 0.0975 e. The average molecular weight is 191 g/mol. The first-order chi connectivity index (χ1) is 6.77. The molecule has 2 heteroatoms. The van der Waals surface area contributed by atoms with E-state index in [2.05, 4.69) is 43.4 Å². The van der Waals surface area contributed by atoms with Crippen LogP contribution in [0.2, 0.25) is 0 Å². The standard InChI is InChI=1S/C12H17NO/c1-9-8-14-12(10(2)13-9)11-6-4-3-5-7-11/h3-7,9-10,12-13H,8H2,1-2H3/t9-,10+,12+/m1/s1. The minimum atomic E-state index is 0.201. The normalized spacial score (nSPS) is 32.9. The van der Waals surface area contributed by atoms with Crippen LogP contribution in [0.15, 0.2) is 30.3 Å². The minimum absolute atomic E-state index is 0.201. The summed E-state index contributed by atoms with van der Waals surface area (Å²) in [5.74, 6) is 0. The van der Waals surface area contributed by atoms with Crippen molar-refractivity contribution in [2.75, 3.05) is 6.61 Å². The Labute approximate surface area is 85.3 Å². The zero-order valence-corrected chi connectivity index (χ0v) is 8.73. The number of ether oxygens (including phenoxy) is 1. The number of nitrogens with one attached hydrogen (secondary N) is 1. The van der Waals surface area contributed by atoms with Gasteiger partial charge >= 0.3 is 0 Å². The molecule has 3 atom stereocenters. The summed E-state index contributed by atoms with van der Waals surface area (Å²) in [6.45, 7) is 5.12. The van der Waals surface area contributed by atoms with Crippen LogP contribution in [0.1, 0.15) is 25.5 Å². The highest BCUT2D eigenvalue weighted by molar-refractivity contribution is 5.19. The smallest absolute Gasteiger partial charge is 0.0975 e. The van der Waals surface area contributed by atoms with Crippen molar-refractivity contribution in [2.24, 2.45) is 0 Å². The van der Waals surface area contributed by atoms with Crippen molar-refractivity contribution in [1.82, 2.24) is 5.32 Å². The van der Waals surface area contributed by atoms with Gasteiger partial charge in [0, 0.05) is 12.1 Å². The molecule has 1 aromatic carbocycles. The quantitative estimate of drug-likeness (QED) is 0.734. The number of hydrogen-bond donors (Lipinski definition) is 1. The number of benzene rings is 1. The topological polar surface area (TPSA) is 21.3 Å². The van der Waals surface area contributed by atoms with Crippen LogP contribution in [0.25, 0.3) is 0 Å². The first-order valence-electron chi connectivity index (χ1n) is 5.20. The lowest BCUT2D eigenvalue weighted by Crippen LogP contribution is -2.47. The van der Waals surface area contributed by atoms with E-state index in [1.54, 1.807) is 0 Å². The molecule has 1 N–H and O–H groups in total. The van der Waals surface area contributed by atoms with Gasteiger partial charge in [0.05, 0.1) is 12.7 Å². The fraction of sp³-hybridized carbons (Fsp3) is 0.500. The van der Waals surface area contributed by atoms with Gasteiger partial charge < -0.3 is 10.1 Å². The van der Waals surface area contributed by atoms with Gasteiger partial charge in [-0.3, -0.25) is 0 Å². The van der Waals surface area contributed by atoms with E-state index in [0.29, 0.717) is 12.1 Å². The number of rotatable bonds is 1. The van der Waals surface area contributed by atoms with Crippen LogP contribution in [0.3, 0.4) is 0 Å². The molecule has 1 fully saturated rings. The Hall–Kier alpha value is -0.860. The van der Waals surface area contributed by atoms with Gasteiger partial charge in [-0.15, -0.1) is 0 Å². The molecule has 1 aliphatic heterocycles. The van der Waals surface area contributed by atoms with Crippen molar-refractivity contribution >= 4 is 0 Å². The average Bonchev–Trinajstić information content (AvgIpc) is 2.19. The van der Waals surface area contributed by atoms with Crippen molar-refractivity contribution < 1.29 is 4.74 Å². The Morgan fingerprint density at radius 1 is 1.21 bits per heavy atom. The van der Waals surface area contributed by atoms with Gasteiger partial charge in [0.15, 0.2) is 0 Å². The Bertz CT molecular complexity index is 286. The molecule has 0 saturated carbocycles. The number of hydrogen-bond acceptors (Lipinski definition) is 2. The largest absolute Gasteiger partial charge is 0.370 e. The van der Waals surface area contributed by atoms with Crippen molar-refractivity contribution in [3.8, 4) is 0 Å². The molecule has 0 unspecified atom stereocenters. The van der Waals surface area contributed by atoms with Crippen molar-refractivity contribution in [3.63, 3.8) is 0 Å². The fourth-order valence-electron chi connectivity index (χ4n) is 2.00. The van der Waals surface area contributed by atoms with Gasteiger partial charge in [0.25, 0.3) is 0 Å². The minimum Gasteiger partial charge on any atom is -0.370 e. The van der Waals surface area contributed by atoms with Crippen LogP contribution in [-0.4, -0.2) is 18.7 Å². The summed E-state index contributed by atoms with van der Waals surface area (Å²) in [7, 11) is 0. The predicted octanol–water partition coefficient (Wildman–Crippen LogP) is 2.12. The molecule has 1 saturated heterocycles. The summed E-state index contributed by atoms with van der Waals surface area (Å²) in [5, 5.41) is 3.50. The molecular formula is C12H17NO. The molecule has 1 heterocycles. The van der Waals surface area contributed by atoms with Gasteiger partial charge in [0.2, 0.25) is 0 Å². The molecule has 1 aliphatic rings. The zero-order valence-electron chi connectivity index (χ0n) is 8.73. The molecule has 0 radical (unpaired) electrons. The van der Waals surface area contributed by atoms with Crippen molar-refractivity contribution in [1.29, 1.82) is 0 Å². The van der Waals surface area contributed by atoms with Crippen molar-refractivity contribution in [3.05, 3.63) is 35.9 Å². The zero-order chi connectivity index (χ0) is 9.97. The molecule has 76 valence electrons. The van der Waals surface area contributed by atoms with E-state index in [1.807, 2.05) is 6.07 Å². The predicted molar refractivity (Wildman–Crippen MR) is 57.2 cm³/mol. The maximum atomic E-state index is 5.83. The summed E-state index contributed by atoms with van der Waals surface area (Å²) in [4.78, 5) is 0. The molecule has 14 heavy (non-hydrogen) atoms. The maximum absolute atomic E-state index is 5.83. The third-order valence-electron chi connectivity index (χ3n) is 2.66. The lowest BCUT2D eigenvalue weighted by molar-refractivity contribution is -0.0207. The van der Waals surface area contributed by atoms with E-state index in [1.165, 1.54) is 5.56 Å². The summed E-state index contributed by atoms with van der Waals surface area (Å²) in [5.41, 5.74) is 1.26. The van der Waals surface area contributed by atoms with Gasteiger partial charge in [-0.1, -0.05) is 30.3 Å².